The Balaban J connectivity index is 2.97. The lowest BCUT2D eigenvalue weighted by atomic mass is 10.5. The molecular weight excluding hydrogens is 178 g/mol. The van der Waals surface area contributed by atoms with Crippen LogP contribution in [0.4, 0.5) is 0 Å². The molecule has 0 fully saturated rings. The molecule has 0 rings (SSSR count). The summed E-state index contributed by atoms with van der Waals surface area (Å²) in [4.78, 5) is 10.5. The van der Waals surface area contributed by atoms with Crippen molar-refractivity contribution in [3.05, 3.63) is 0 Å². The highest BCUT2D eigenvalue weighted by Gasteiger charge is 1.95. The molecule has 0 aromatic rings. The number of hydrogen-bond acceptors (Lipinski definition) is 4. The van der Waals surface area contributed by atoms with Crippen LogP contribution in [0, 0.1) is 0 Å². The first kappa shape index (κ1) is 11.3. The van der Waals surface area contributed by atoms with Crippen molar-refractivity contribution in [2.45, 2.75) is 19.1 Å². The maximum absolute atomic E-state index is 10.5. The average molecular weight is 193 g/mol. The van der Waals surface area contributed by atoms with Crippen LogP contribution in [0.3, 0.4) is 0 Å². The highest BCUT2D eigenvalue weighted by molar-refractivity contribution is 8.13. The summed E-state index contributed by atoms with van der Waals surface area (Å²) in [6, 6.07) is 0. The van der Waals surface area contributed by atoms with Crippen LogP contribution in [0.2, 0.25) is 0 Å². The van der Waals surface area contributed by atoms with E-state index in [0.29, 0.717) is 5.25 Å². The highest BCUT2D eigenvalue weighted by atomic mass is 32.2. The third kappa shape index (κ3) is 10.3. The molecule has 0 radical (unpaired) electrons. The number of thioether (sulfide) groups is 1. The Labute approximate surface area is 77.9 Å². The lowest BCUT2D eigenvalue weighted by molar-refractivity contribution is -0.109. The second-order valence-electron chi connectivity index (χ2n) is 2.39. The van der Waals surface area contributed by atoms with E-state index in [1.165, 1.54) is 11.8 Å². The molecule has 0 aromatic heterocycles. The van der Waals surface area contributed by atoms with Gasteiger partial charge >= 0.3 is 0 Å². The summed E-state index contributed by atoms with van der Waals surface area (Å²) in [5.41, 5.74) is 0. The molecule has 0 aliphatic carbocycles. The van der Waals surface area contributed by atoms with Gasteiger partial charge in [0.05, 0.1) is 0 Å². The summed E-state index contributed by atoms with van der Waals surface area (Å²) in [6.45, 7) is 5.41. The first-order valence-corrected chi connectivity index (χ1v) is 5.15. The largest absolute Gasteiger partial charge is 0.315 e. The molecular formula is C7H15NOS2. The molecule has 0 aliphatic heterocycles. The summed E-state index contributed by atoms with van der Waals surface area (Å²) in [5.74, 6) is 0.857. The summed E-state index contributed by atoms with van der Waals surface area (Å²) >= 11 is 5.56. The molecule has 0 spiro atoms. The van der Waals surface area contributed by atoms with Gasteiger partial charge in [-0.25, -0.2) is 0 Å². The fourth-order valence-electron chi connectivity index (χ4n) is 0.578. The van der Waals surface area contributed by atoms with E-state index < -0.39 is 0 Å². The van der Waals surface area contributed by atoms with Gasteiger partial charge in [-0.15, -0.1) is 0 Å². The van der Waals surface area contributed by atoms with Gasteiger partial charge in [-0.2, -0.15) is 12.6 Å². The lowest BCUT2D eigenvalue weighted by Gasteiger charge is -2.04. The zero-order valence-electron chi connectivity index (χ0n) is 6.96. The fourth-order valence-corrected chi connectivity index (χ4v) is 1.24. The monoisotopic (exact) mass is 193 g/mol. The summed E-state index contributed by atoms with van der Waals surface area (Å²) in [5, 5.41) is 3.76. The van der Waals surface area contributed by atoms with Crippen molar-refractivity contribution in [3.8, 4) is 0 Å². The molecule has 0 bridgehead atoms. The van der Waals surface area contributed by atoms with Gasteiger partial charge < -0.3 is 5.32 Å². The van der Waals surface area contributed by atoms with E-state index in [0.717, 1.165) is 18.8 Å². The Bertz CT molecular complexity index is 117. The number of carbonyl (C=O) groups is 1. The minimum atomic E-state index is 0.186. The standard InChI is InChI=1S/C7H15NOS2/c1-6(10)5-8-3-4-11-7(2)9/h6,8,10H,3-5H2,1-2H3. The SMILES string of the molecule is CC(=O)SCCNCC(C)S. The minimum absolute atomic E-state index is 0.186. The molecule has 0 heterocycles. The number of rotatable bonds is 5. The van der Waals surface area contributed by atoms with E-state index in [1.807, 2.05) is 6.92 Å². The van der Waals surface area contributed by atoms with E-state index in [-0.39, 0.29) is 5.12 Å². The highest BCUT2D eigenvalue weighted by Crippen LogP contribution is 1.98. The Morgan fingerprint density at radius 1 is 1.73 bits per heavy atom. The number of nitrogens with one attached hydrogen (secondary N) is 1. The van der Waals surface area contributed by atoms with Crippen molar-refractivity contribution >= 4 is 29.5 Å². The molecule has 2 nitrogen and oxygen atoms in total. The Morgan fingerprint density at radius 2 is 2.36 bits per heavy atom. The van der Waals surface area contributed by atoms with Crippen molar-refractivity contribution in [1.82, 2.24) is 5.32 Å². The van der Waals surface area contributed by atoms with Gasteiger partial charge in [0, 0.05) is 31.0 Å². The fraction of sp³-hybridized carbons (Fsp3) is 0.857. The van der Waals surface area contributed by atoms with Crippen molar-refractivity contribution in [2.24, 2.45) is 0 Å². The second-order valence-corrected chi connectivity index (χ2v) is 4.55. The third-order valence-electron chi connectivity index (χ3n) is 1.02. The smallest absolute Gasteiger partial charge is 0.185 e. The Kier molecular flexibility index (Phi) is 7.22. The number of thiol groups is 1. The van der Waals surface area contributed by atoms with E-state index >= 15 is 0 Å². The molecule has 0 saturated carbocycles. The summed E-state index contributed by atoms with van der Waals surface area (Å²) < 4.78 is 0. The normalized spacial score (nSPS) is 13.0. The van der Waals surface area contributed by atoms with Crippen molar-refractivity contribution < 1.29 is 4.79 Å². The van der Waals surface area contributed by atoms with E-state index in [1.54, 1.807) is 6.92 Å². The van der Waals surface area contributed by atoms with E-state index in [4.69, 9.17) is 0 Å². The molecule has 0 aromatic carbocycles. The lowest BCUT2D eigenvalue weighted by Crippen LogP contribution is -2.23. The maximum Gasteiger partial charge on any atom is 0.185 e. The molecule has 0 saturated heterocycles. The van der Waals surface area contributed by atoms with Gasteiger partial charge in [-0.05, 0) is 0 Å². The molecule has 1 N–H and O–H groups in total. The zero-order chi connectivity index (χ0) is 8.69. The molecule has 11 heavy (non-hydrogen) atoms. The summed E-state index contributed by atoms with van der Waals surface area (Å²) in [7, 11) is 0. The van der Waals surface area contributed by atoms with Crippen LogP contribution in [0.1, 0.15) is 13.8 Å². The predicted molar refractivity (Wildman–Crippen MR) is 54.5 cm³/mol. The second kappa shape index (κ2) is 7.00. The molecule has 0 aliphatic rings. The van der Waals surface area contributed by atoms with Gasteiger partial charge in [0.2, 0.25) is 0 Å². The van der Waals surface area contributed by atoms with E-state index in [9.17, 15) is 4.79 Å². The molecule has 66 valence electrons. The van der Waals surface area contributed by atoms with Crippen LogP contribution in [0.5, 0.6) is 0 Å². The molecule has 1 atom stereocenters. The van der Waals surface area contributed by atoms with Crippen LogP contribution in [-0.2, 0) is 4.79 Å². The Morgan fingerprint density at radius 3 is 2.82 bits per heavy atom. The van der Waals surface area contributed by atoms with Gasteiger partial charge in [0.15, 0.2) is 5.12 Å². The molecule has 0 amide bonds. The van der Waals surface area contributed by atoms with Gasteiger partial charge in [-0.3, -0.25) is 4.79 Å². The van der Waals surface area contributed by atoms with Crippen LogP contribution in [0.25, 0.3) is 0 Å². The maximum atomic E-state index is 10.5. The van der Waals surface area contributed by atoms with Crippen LogP contribution >= 0.6 is 24.4 Å². The first-order valence-electron chi connectivity index (χ1n) is 3.65. The van der Waals surface area contributed by atoms with Crippen LogP contribution in [-0.4, -0.2) is 29.2 Å². The molecule has 1 unspecified atom stereocenters. The number of carbonyl (C=O) groups excluding carboxylic acids is 1. The van der Waals surface area contributed by atoms with Gasteiger partial charge in [0.25, 0.3) is 0 Å². The van der Waals surface area contributed by atoms with E-state index in [2.05, 4.69) is 17.9 Å². The summed E-state index contributed by atoms with van der Waals surface area (Å²) in [6.07, 6.45) is 0. The topological polar surface area (TPSA) is 29.1 Å². The van der Waals surface area contributed by atoms with Crippen molar-refractivity contribution in [2.75, 3.05) is 18.8 Å². The van der Waals surface area contributed by atoms with Gasteiger partial charge in [-0.1, -0.05) is 18.7 Å². The first-order chi connectivity index (χ1) is 5.13. The van der Waals surface area contributed by atoms with Crippen LogP contribution in [0.15, 0.2) is 0 Å². The van der Waals surface area contributed by atoms with Crippen molar-refractivity contribution in [3.63, 3.8) is 0 Å². The minimum Gasteiger partial charge on any atom is -0.315 e. The van der Waals surface area contributed by atoms with Crippen LogP contribution < -0.4 is 5.32 Å². The zero-order valence-corrected chi connectivity index (χ0v) is 8.67. The predicted octanol–water partition coefficient (Wildman–Crippen LogP) is 1.17. The Hall–Kier alpha value is 0.330. The average Bonchev–Trinajstić information content (AvgIpc) is 1.85. The van der Waals surface area contributed by atoms with Crippen molar-refractivity contribution in [1.29, 1.82) is 0 Å². The third-order valence-corrected chi connectivity index (χ3v) is 2.02. The molecule has 4 heteroatoms. The number of hydrogen-bond donors (Lipinski definition) is 2. The van der Waals surface area contributed by atoms with Gasteiger partial charge in [0.1, 0.15) is 0 Å². The quantitative estimate of drug-likeness (QED) is 0.507.